The minimum atomic E-state index is -2.89. The van der Waals surface area contributed by atoms with Gasteiger partial charge in [0.15, 0.2) is 0 Å². The van der Waals surface area contributed by atoms with E-state index in [2.05, 4.69) is 11.9 Å². The van der Waals surface area contributed by atoms with E-state index in [4.69, 9.17) is 0 Å². The lowest BCUT2D eigenvalue weighted by atomic mass is 10.0. The van der Waals surface area contributed by atoms with E-state index >= 15 is 0 Å². The van der Waals surface area contributed by atoms with Crippen LogP contribution in [0.15, 0.2) is 12.3 Å². The number of carbonyl (C=O) groups is 1. The van der Waals surface area contributed by atoms with Gasteiger partial charge >= 0.3 is 0 Å². The van der Waals surface area contributed by atoms with Crippen molar-refractivity contribution in [2.24, 2.45) is 5.92 Å². The van der Waals surface area contributed by atoms with Crippen molar-refractivity contribution in [3.8, 4) is 0 Å². The maximum atomic E-state index is 11.6. The van der Waals surface area contributed by atoms with E-state index in [9.17, 15) is 13.2 Å². The molecule has 86 valence electrons. The number of hydrogen-bond acceptors (Lipinski definition) is 3. The summed E-state index contributed by atoms with van der Waals surface area (Å²) in [6.07, 6.45) is 1.58. The molecule has 1 aliphatic heterocycles. The Kier molecular flexibility index (Phi) is 3.90. The number of rotatable bonds is 3. The maximum Gasteiger partial charge on any atom is 0.227 e. The first-order chi connectivity index (χ1) is 6.94. The average molecular weight is 231 g/mol. The van der Waals surface area contributed by atoms with E-state index < -0.39 is 9.84 Å². The fraction of sp³-hybridized carbons (Fsp3) is 0.700. The van der Waals surface area contributed by atoms with Crippen LogP contribution in [0.5, 0.6) is 0 Å². The molecule has 0 saturated carbocycles. The number of nitrogens with one attached hydrogen (secondary N) is 1. The van der Waals surface area contributed by atoms with E-state index in [1.807, 2.05) is 6.92 Å². The quantitative estimate of drug-likeness (QED) is 0.783. The second kappa shape index (κ2) is 4.79. The molecule has 4 nitrogen and oxygen atoms in total. The number of carbonyl (C=O) groups excluding carboxylic acids is 1. The van der Waals surface area contributed by atoms with Gasteiger partial charge in [0.05, 0.1) is 11.5 Å². The Morgan fingerprint density at radius 3 is 2.40 bits per heavy atom. The Bertz CT molecular complexity index is 345. The van der Waals surface area contributed by atoms with Gasteiger partial charge in [-0.2, -0.15) is 0 Å². The van der Waals surface area contributed by atoms with Crippen molar-refractivity contribution in [1.29, 1.82) is 0 Å². The molecule has 0 aromatic heterocycles. The van der Waals surface area contributed by atoms with Crippen LogP contribution in [0, 0.1) is 5.92 Å². The molecule has 1 rings (SSSR count). The van der Waals surface area contributed by atoms with Gasteiger partial charge in [-0.25, -0.2) is 8.42 Å². The summed E-state index contributed by atoms with van der Waals surface area (Å²) in [5, 5.41) is 2.70. The van der Waals surface area contributed by atoms with Gasteiger partial charge in [0, 0.05) is 11.6 Å². The molecular formula is C10H17NO3S. The summed E-state index contributed by atoms with van der Waals surface area (Å²) in [4.78, 5) is 11.6. The third kappa shape index (κ3) is 3.66. The molecular weight excluding hydrogens is 214 g/mol. The third-order valence-electron chi connectivity index (χ3n) is 2.65. The van der Waals surface area contributed by atoms with Crippen LogP contribution in [0.4, 0.5) is 0 Å². The van der Waals surface area contributed by atoms with Gasteiger partial charge in [-0.05, 0) is 19.3 Å². The fourth-order valence-electron chi connectivity index (χ4n) is 1.52. The second-order valence-corrected chi connectivity index (χ2v) is 6.18. The molecule has 0 aromatic rings. The number of sulfone groups is 1. The predicted octanol–water partition coefficient (Wildman–Crippen LogP) is 0.851. The monoisotopic (exact) mass is 231 g/mol. The minimum absolute atomic E-state index is 0.0863. The molecule has 15 heavy (non-hydrogen) atoms. The molecule has 1 amide bonds. The van der Waals surface area contributed by atoms with Gasteiger partial charge in [0.2, 0.25) is 5.91 Å². The van der Waals surface area contributed by atoms with Crippen LogP contribution in [-0.2, 0) is 14.6 Å². The molecule has 0 bridgehead atoms. The first kappa shape index (κ1) is 12.2. The molecule has 0 radical (unpaired) electrons. The third-order valence-corrected chi connectivity index (χ3v) is 4.37. The van der Waals surface area contributed by atoms with Crippen LogP contribution in [0.1, 0.15) is 26.2 Å². The molecule has 0 atom stereocenters. The summed E-state index contributed by atoms with van der Waals surface area (Å²) in [6.45, 7) is 5.60. The van der Waals surface area contributed by atoms with E-state index in [-0.39, 0.29) is 23.3 Å². The Balaban J connectivity index is 2.47. The normalized spacial score (nSPS) is 20.9. The molecule has 5 heteroatoms. The van der Waals surface area contributed by atoms with Crippen molar-refractivity contribution >= 4 is 15.7 Å². The zero-order chi connectivity index (χ0) is 11.5. The van der Waals surface area contributed by atoms with Gasteiger partial charge in [-0.1, -0.05) is 13.5 Å². The summed E-state index contributed by atoms with van der Waals surface area (Å²) < 4.78 is 22.3. The molecule has 0 aliphatic carbocycles. The van der Waals surface area contributed by atoms with Crippen LogP contribution in [-0.4, -0.2) is 25.8 Å². The number of amides is 1. The van der Waals surface area contributed by atoms with Gasteiger partial charge < -0.3 is 5.32 Å². The Morgan fingerprint density at radius 2 is 1.93 bits per heavy atom. The lowest BCUT2D eigenvalue weighted by Crippen LogP contribution is -2.35. The highest BCUT2D eigenvalue weighted by Gasteiger charge is 2.28. The zero-order valence-corrected chi connectivity index (χ0v) is 9.77. The van der Waals surface area contributed by atoms with Crippen LogP contribution in [0.2, 0.25) is 0 Å². The largest absolute Gasteiger partial charge is 0.330 e. The van der Waals surface area contributed by atoms with Crippen LogP contribution in [0.3, 0.4) is 0 Å². The summed E-state index contributed by atoms with van der Waals surface area (Å²) in [5.41, 5.74) is 0.688. The Labute approximate surface area is 90.7 Å². The standard InChI is InChI=1S/C10H17NO3S/c1-3-8(2)11-10(12)9-4-6-15(13,14)7-5-9/h9H,2-7H2,1H3,(H,11,12). The molecule has 0 aromatic carbocycles. The molecule has 1 saturated heterocycles. The molecule has 0 spiro atoms. The smallest absolute Gasteiger partial charge is 0.227 e. The van der Waals surface area contributed by atoms with E-state index in [1.165, 1.54) is 0 Å². The van der Waals surface area contributed by atoms with Crippen molar-refractivity contribution in [3.63, 3.8) is 0 Å². The van der Waals surface area contributed by atoms with Gasteiger partial charge in [0.25, 0.3) is 0 Å². The van der Waals surface area contributed by atoms with Crippen molar-refractivity contribution < 1.29 is 13.2 Å². The average Bonchev–Trinajstić information content (AvgIpc) is 2.17. The Hall–Kier alpha value is -0.840. The summed E-state index contributed by atoms with van der Waals surface area (Å²) in [7, 11) is -2.89. The van der Waals surface area contributed by atoms with E-state index in [0.717, 1.165) is 0 Å². The predicted molar refractivity (Wildman–Crippen MR) is 59.0 cm³/mol. The van der Waals surface area contributed by atoms with Crippen LogP contribution < -0.4 is 5.32 Å². The summed E-state index contributed by atoms with van der Waals surface area (Å²) in [5.74, 6) is 0.00137. The highest BCUT2D eigenvalue weighted by molar-refractivity contribution is 7.91. The highest BCUT2D eigenvalue weighted by Crippen LogP contribution is 2.19. The summed E-state index contributed by atoms with van der Waals surface area (Å²) in [6, 6.07) is 0. The second-order valence-electron chi connectivity index (χ2n) is 3.87. The molecule has 1 fully saturated rings. The van der Waals surface area contributed by atoms with E-state index in [0.29, 0.717) is 25.0 Å². The van der Waals surface area contributed by atoms with E-state index in [1.54, 1.807) is 0 Å². The molecule has 1 heterocycles. The fourth-order valence-corrected chi connectivity index (χ4v) is 3.01. The van der Waals surface area contributed by atoms with Crippen molar-refractivity contribution in [1.82, 2.24) is 5.32 Å². The van der Waals surface area contributed by atoms with Gasteiger partial charge in [-0.3, -0.25) is 4.79 Å². The lowest BCUT2D eigenvalue weighted by molar-refractivity contribution is -0.124. The number of hydrogen-bond donors (Lipinski definition) is 1. The summed E-state index contributed by atoms with van der Waals surface area (Å²) >= 11 is 0. The molecule has 0 unspecified atom stereocenters. The van der Waals surface area contributed by atoms with Gasteiger partial charge in [0.1, 0.15) is 9.84 Å². The van der Waals surface area contributed by atoms with Crippen molar-refractivity contribution in [2.45, 2.75) is 26.2 Å². The molecule has 1 N–H and O–H groups in total. The van der Waals surface area contributed by atoms with Crippen LogP contribution in [0.25, 0.3) is 0 Å². The van der Waals surface area contributed by atoms with Crippen molar-refractivity contribution in [3.05, 3.63) is 12.3 Å². The maximum absolute atomic E-state index is 11.6. The van der Waals surface area contributed by atoms with Crippen molar-refractivity contribution in [2.75, 3.05) is 11.5 Å². The Morgan fingerprint density at radius 1 is 1.40 bits per heavy atom. The highest BCUT2D eigenvalue weighted by atomic mass is 32.2. The first-order valence-corrected chi connectivity index (χ1v) is 6.96. The number of allylic oxidation sites excluding steroid dienone is 1. The lowest BCUT2D eigenvalue weighted by Gasteiger charge is -2.21. The van der Waals surface area contributed by atoms with Crippen LogP contribution >= 0.6 is 0 Å². The zero-order valence-electron chi connectivity index (χ0n) is 8.95. The minimum Gasteiger partial charge on any atom is -0.330 e. The first-order valence-electron chi connectivity index (χ1n) is 5.13. The topological polar surface area (TPSA) is 63.2 Å². The SMILES string of the molecule is C=C(CC)NC(=O)C1CCS(=O)(=O)CC1. The molecule has 1 aliphatic rings. The van der Waals surface area contributed by atoms with Gasteiger partial charge in [-0.15, -0.1) is 0 Å².